The van der Waals surface area contributed by atoms with Crippen molar-refractivity contribution in [3.63, 3.8) is 0 Å². The highest BCUT2D eigenvalue weighted by molar-refractivity contribution is 4.61. The summed E-state index contributed by atoms with van der Waals surface area (Å²) in [7, 11) is 0. The minimum Gasteiger partial charge on any atom is -0.394 e. The summed E-state index contributed by atoms with van der Waals surface area (Å²) in [6, 6.07) is 0. The molecule has 1 N–H and O–H groups in total. The largest absolute Gasteiger partial charge is 0.394 e. The number of aliphatic hydroxyl groups excluding tert-OH is 1. The van der Waals surface area contributed by atoms with E-state index in [9.17, 15) is 0 Å². The van der Waals surface area contributed by atoms with Crippen molar-refractivity contribution < 1.29 is 14.6 Å². The number of aliphatic hydroxyl groups is 1. The van der Waals surface area contributed by atoms with Gasteiger partial charge < -0.3 is 14.6 Å². The fourth-order valence-corrected chi connectivity index (χ4v) is 1.06. The number of hydrogen-bond donors (Lipinski definition) is 1. The number of rotatable bonds is 3. The van der Waals surface area contributed by atoms with Gasteiger partial charge in [0.1, 0.15) is 0 Å². The lowest BCUT2D eigenvalue weighted by Crippen LogP contribution is -2.24. The summed E-state index contributed by atoms with van der Waals surface area (Å²) >= 11 is 0. The van der Waals surface area contributed by atoms with E-state index in [0.29, 0.717) is 12.7 Å². The molecule has 3 nitrogen and oxygen atoms in total. The van der Waals surface area contributed by atoms with Crippen LogP contribution in [-0.2, 0) is 9.47 Å². The SMILES string of the molecule is OCCOC1CCOCC1. The van der Waals surface area contributed by atoms with E-state index >= 15 is 0 Å². The molecule has 1 rings (SSSR count). The molecule has 0 aliphatic carbocycles. The zero-order valence-electron chi connectivity index (χ0n) is 6.08. The maximum Gasteiger partial charge on any atom is 0.0701 e. The highest BCUT2D eigenvalue weighted by Gasteiger charge is 2.12. The van der Waals surface area contributed by atoms with Gasteiger partial charge in [-0.1, -0.05) is 0 Å². The predicted octanol–water partition coefficient (Wildman–Crippen LogP) is 0.174. The summed E-state index contributed by atoms with van der Waals surface area (Å²) in [5.74, 6) is 0. The number of ether oxygens (including phenoxy) is 2. The monoisotopic (exact) mass is 146 g/mol. The lowest BCUT2D eigenvalue weighted by atomic mass is 10.2. The highest BCUT2D eigenvalue weighted by atomic mass is 16.5. The molecule has 0 bridgehead atoms. The summed E-state index contributed by atoms with van der Waals surface area (Å²) in [4.78, 5) is 0. The van der Waals surface area contributed by atoms with Crippen LogP contribution in [0.2, 0.25) is 0 Å². The Balaban J connectivity index is 2.02. The topological polar surface area (TPSA) is 38.7 Å². The van der Waals surface area contributed by atoms with Gasteiger partial charge in [0.05, 0.1) is 19.3 Å². The van der Waals surface area contributed by atoms with Crippen LogP contribution >= 0.6 is 0 Å². The fraction of sp³-hybridized carbons (Fsp3) is 1.00. The van der Waals surface area contributed by atoms with Crippen LogP contribution in [0.25, 0.3) is 0 Å². The Kier molecular flexibility index (Phi) is 3.72. The molecule has 0 amide bonds. The van der Waals surface area contributed by atoms with E-state index in [2.05, 4.69) is 0 Å². The zero-order valence-corrected chi connectivity index (χ0v) is 6.08. The van der Waals surface area contributed by atoms with Gasteiger partial charge in [0.15, 0.2) is 0 Å². The second-order valence-electron chi connectivity index (χ2n) is 2.41. The van der Waals surface area contributed by atoms with Gasteiger partial charge in [0.25, 0.3) is 0 Å². The first kappa shape index (κ1) is 7.98. The molecule has 3 heteroatoms. The Morgan fingerprint density at radius 3 is 2.70 bits per heavy atom. The maximum atomic E-state index is 8.44. The van der Waals surface area contributed by atoms with E-state index < -0.39 is 0 Å². The van der Waals surface area contributed by atoms with Crippen LogP contribution in [0.3, 0.4) is 0 Å². The van der Waals surface area contributed by atoms with E-state index in [1.165, 1.54) is 0 Å². The lowest BCUT2D eigenvalue weighted by molar-refractivity contribution is -0.0409. The molecule has 1 heterocycles. The second-order valence-corrected chi connectivity index (χ2v) is 2.41. The van der Waals surface area contributed by atoms with Crippen molar-refractivity contribution in [3.8, 4) is 0 Å². The normalized spacial score (nSPS) is 21.3. The van der Waals surface area contributed by atoms with Crippen molar-refractivity contribution in [2.75, 3.05) is 26.4 Å². The summed E-state index contributed by atoms with van der Waals surface area (Å²) < 4.78 is 10.4. The summed E-state index contributed by atoms with van der Waals surface area (Å²) in [6.07, 6.45) is 2.26. The molecule has 0 spiro atoms. The van der Waals surface area contributed by atoms with E-state index in [1.807, 2.05) is 0 Å². The molecule has 60 valence electrons. The van der Waals surface area contributed by atoms with Crippen LogP contribution in [-0.4, -0.2) is 37.6 Å². The first-order valence-corrected chi connectivity index (χ1v) is 3.73. The Morgan fingerprint density at radius 2 is 2.10 bits per heavy atom. The quantitative estimate of drug-likeness (QED) is 0.617. The number of hydrogen-bond acceptors (Lipinski definition) is 3. The Morgan fingerprint density at radius 1 is 1.40 bits per heavy atom. The molecule has 0 unspecified atom stereocenters. The minimum absolute atomic E-state index is 0.122. The van der Waals surface area contributed by atoms with Gasteiger partial charge in [-0.25, -0.2) is 0 Å². The molecule has 0 aromatic carbocycles. The van der Waals surface area contributed by atoms with Crippen LogP contribution in [0.4, 0.5) is 0 Å². The smallest absolute Gasteiger partial charge is 0.0701 e. The second kappa shape index (κ2) is 4.66. The summed E-state index contributed by atoms with van der Waals surface area (Å²) in [6.45, 7) is 2.19. The van der Waals surface area contributed by atoms with Crippen LogP contribution in [0.1, 0.15) is 12.8 Å². The van der Waals surface area contributed by atoms with Crippen molar-refractivity contribution in [2.45, 2.75) is 18.9 Å². The van der Waals surface area contributed by atoms with Gasteiger partial charge in [-0.2, -0.15) is 0 Å². The van der Waals surface area contributed by atoms with Crippen molar-refractivity contribution >= 4 is 0 Å². The van der Waals surface area contributed by atoms with Gasteiger partial charge in [0.2, 0.25) is 0 Å². The van der Waals surface area contributed by atoms with Crippen molar-refractivity contribution in [1.82, 2.24) is 0 Å². The fourth-order valence-electron chi connectivity index (χ4n) is 1.06. The van der Waals surface area contributed by atoms with E-state index in [1.54, 1.807) is 0 Å². The van der Waals surface area contributed by atoms with Crippen molar-refractivity contribution in [2.24, 2.45) is 0 Å². The molecule has 0 saturated carbocycles. The first-order valence-electron chi connectivity index (χ1n) is 3.73. The molecule has 1 fully saturated rings. The van der Waals surface area contributed by atoms with Gasteiger partial charge in [-0.15, -0.1) is 0 Å². The standard InChI is InChI=1S/C7H14O3/c8-3-6-10-7-1-4-9-5-2-7/h7-8H,1-6H2. The Labute approximate surface area is 60.9 Å². The molecule has 10 heavy (non-hydrogen) atoms. The molecular weight excluding hydrogens is 132 g/mol. The molecule has 0 aromatic heterocycles. The van der Waals surface area contributed by atoms with Gasteiger partial charge >= 0.3 is 0 Å². The predicted molar refractivity (Wildman–Crippen MR) is 36.9 cm³/mol. The van der Waals surface area contributed by atoms with Crippen molar-refractivity contribution in [3.05, 3.63) is 0 Å². The third-order valence-electron chi connectivity index (χ3n) is 1.61. The third-order valence-corrected chi connectivity index (χ3v) is 1.61. The lowest BCUT2D eigenvalue weighted by Gasteiger charge is -2.21. The Bertz CT molecular complexity index is 78.9. The van der Waals surface area contributed by atoms with Crippen LogP contribution < -0.4 is 0 Å². The van der Waals surface area contributed by atoms with Crippen LogP contribution in [0.15, 0.2) is 0 Å². The molecule has 1 aliphatic heterocycles. The van der Waals surface area contributed by atoms with E-state index in [4.69, 9.17) is 14.6 Å². The molecule has 0 radical (unpaired) electrons. The van der Waals surface area contributed by atoms with E-state index in [0.717, 1.165) is 26.1 Å². The third kappa shape index (κ3) is 2.64. The van der Waals surface area contributed by atoms with Crippen LogP contribution in [0, 0.1) is 0 Å². The molecular formula is C7H14O3. The summed E-state index contributed by atoms with van der Waals surface area (Å²) in [5.41, 5.74) is 0. The van der Waals surface area contributed by atoms with Crippen LogP contribution in [0.5, 0.6) is 0 Å². The van der Waals surface area contributed by atoms with E-state index in [-0.39, 0.29) is 6.61 Å². The average molecular weight is 146 g/mol. The van der Waals surface area contributed by atoms with Gasteiger partial charge in [-0.05, 0) is 12.8 Å². The minimum atomic E-state index is 0.122. The molecule has 1 aliphatic rings. The highest BCUT2D eigenvalue weighted by Crippen LogP contribution is 2.09. The molecule has 1 saturated heterocycles. The van der Waals surface area contributed by atoms with Gasteiger partial charge in [0, 0.05) is 13.2 Å². The Hall–Kier alpha value is -0.120. The summed E-state index contributed by atoms with van der Waals surface area (Å²) in [5, 5.41) is 8.44. The van der Waals surface area contributed by atoms with Gasteiger partial charge in [-0.3, -0.25) is 0 Å². The maximum absolute atomic E-state index is 8.44. The zero-order chi connectivity index (χ0) is 7.23. The molecule has 0 atom stereocenters. The average Bonchev–Trinajstić information content (AvgIpc) is 2.03. The molecule has 0 aromatic rings. The van der Waals surface area contributed by atoms with Crippen molar-refractivity contribution in [1.29, 1.82) is 0 Å². The first-order chi connectivity index (χ1) is 4.93.